The van der Waals surface area contributed by atoms with E-state index in [-0.39, 0.29) is 18.4 Å². The zero-order chi connectivity index (χ0) is 17.3. The van der Waals surface area contributed by atoms with Crippen molar-refractivity contribution < 1.29 is 14.3 Å². The highest BCUT2D eigenvalue weighted by molar-refractivity contribution is 5.95. The maximum atomic E-state index is 12.0. The van der Waals surface area contributed by atoms with E-state index >= 15 is 0 Å². The molecule has 0 heterocycles. The summed E-state index contributed by atoms with van der Waals surface area (Å²) in [6, 6.07) is 7.27. The molecule has 1 aromatic rings. The summed E-state index contributed by atoms with van der Waals surface area (Å²) in [6.45, 7) is 7.05. The molecule has 130 valence electrons. The number of ether oxygens (including phenoxy) is 1. The molecule has 3 saturated carbocycles. The second-order valence-electron chi connectivity index (χ2n) is 7.93. The third-order valence-electron chi connectivity index (χ3n) is 6.17. The first-order valence-electron chi connectivity index (χ1n) is 8.88. The molecule has 24 heavy (non-hydrogen) atoms. The highest BCUT2D eigenvalue weighted by atomic mass is 16.5. The van der Waals surface area contributed by atoms with Gasteiger partial charge >= 0.3 is 5.97 Å². The smallest absolute Gasteiger partial charge is 0.325 e. The van der Waals surface area contributed by atoms with Crippen LogP contribution in [0.15, 0.2) is 24.3 Å². The fraction of sp³-hybridized carbons (Fsp3) is 0.600. The summed E-state index contributed by atoms with van der Waals surface area (Å²) in [5.41, 5.74) is 2.05. The lowest BCUT2D eigenvalue weighted by Gasteiger charge is -2.60. The van der Waals surface area contributed by atoms with Gasteiger partial charge in [0.25, 0.3) is 5.91 Å². The number of hydrogen-bond donors (Lipinski definition) is 1. The molecular formula is C20H27NO3. The van der Waals surface area contributed by atoms with E-state index in [2.05, 4.69) is 19.2 Å². The molecule has 3 atom stereocenters. The first-order chi connectivity index (χ1) is 11.4. The summed E-state index contributed by atoms with van der Waals surface area (Å²) in [5, 5.41) is 2.63. The molecule has 4 rings (SSSR count). The number of rotatable bonds is 5. The minimum absolute atomic E-state index is 0.0733. The SMILES string of the molecule is Cc1ccc(C(=O)NCC(=O)OCC2CCC3CC2C3(C)C)cc1. The topological polar surface area (TPSA) is 55.4 Å². The Morgan fingerprint density at radius 2 is 1.92 bits per heavy atom. The Hall–Kier alpha value is -1.84. The Morgan fingerprint density at radius 3 is 2.54 bits per heavy atom. The largest absolute Gasteiger partial charge is 0.464 e. The van der Waals surface area contributed by atoms with E-state index in [4.69, 9.17) is 4.74 Å². The van der Waals surface area contributed by atoms with Crippen molar-refractivity contribution in [3.8, 4) is 0 Å². The zero-order valence-electron chi connectivity index (χ0n) is 14.8. The number of carbonyl (C=O) groups excluding carboxylic acids is 2. The van der Waals surface area contributed by atoms with Gasteiger partial charge in [0.15, 0.2) is 0 Å². The minimum Gasteiger partial charge on any atom is -0.464 e. The van der Waals surface area contributed by atoms with Crippen LogP contribution in [0.4, 0.5) is 0 Å². The van der Waals surface area contributed by atoms with E-state index in [9.17, 15) is 9.59 Å². The van der Waals surface area contributed by atoms with Gasteiger partial charge in [-0.3, -0.25) is 9.59 Å². The molecule has 1 aromatic carbocycles. The fourth-order valence-corrected chi connectivity index (χ4v) is 4.37. The molecule has 3 unspecified atom stereocenters. The lowest BCUT2D eigenvalue weighted by Crippen LogP contribution is -2.53. The van der Waals surface area contributed by atoms with Crippen LogP contribution in [0.3, 0.4) is 0 Å². The average Bonchev–Trinajstić information content (AvgIpc) is 2.58. The van der Waals surface area contributed by atoms with Crippen LogP contribution in [0.2, 0.25) is 0 Å². The van der Waals surface area contributed by atoms with Crippen LogP contribution in [0, 0.1) is 30.1 Å². The van der Waals surface area contributed by atoms with Gasteiger partial charge in [-0.2, -0.15) is 0 Å². The second-order valence-corrected chi connectivity index (χ2v) is 7.93. The summed E-state index contributed by atoms with van der Waals surface area (Å²) in [5.74, 6) is 1.40. The molecule has 0 spiro atoms. The Morgan fingerprint density at radius 1 is 1.21 bits per heavy atom. The van der Waals surface area contributed by atoms with Crippen molar-refractivity contribution in [1.82, 2.24) is 5.32 Å². The fourth-order valence-electron chi connectivity index (χ4n) is 4.37. The molecule has 4 heteroatoms. The molecule has 0 saturated heterocycles. The van der Waals surface area contributed by atoms with Crippen LogP contribution in [0.25, 0.3) is 0 Å². The van der Waals surface area contributed by atoms with Crippen LogP contribution in [-0.2, 0) is 9.53 Å². The molecule has 1 N–H and O–H groups in total. The monoisotopic (exact) mass is 329 g/mol. The molecule has 3 aliphatic carbocycles. The maximum absolute atomic E-state index is 12.0. The predicted molar refractivity (Wildman–Crippen MR) is 92.6 cm³/mol. The summed E-state index contributed by atoms with van der Waals surface area (Å²) in [6.07, 6.45) is 3.68. The molecular weight excluding hydrogens is 302 g/mol. The van der Waals surface area contributed by atoms with Crippen LogP contribution in [0.1, 0.15) is 49.0 Å². The lowest BCUT2D eigenvalue weighted by atomic mass is 9.46. The van der Waals surface area contributed by atoms with Crippen LogP contribution < -0.4 is 5.32 Å². The first-order valence-corrected chi connectivity index (χ1v) is 8.88. The van der Waals surface area contributed by atoms with Gasteiger partial charge < -0.3 is 10.1 Å². The standard InChI is InChI=1S/C20H27NO3/c1-13-4-6-14(7-5-13)19(23)21-11-18(22)24-12-15-8-9-16-10-17(15)20(16,2)3/h4-7,15-17H,8-12H2,1-3H3,(H,21,23). The van der Waals surface area contributed by atoms with Gasteiger partial charge in [0, 0.05) is 5.56 Å². The van der Waals surface area contributed by atoms with Gasteiger partial charge in [0.1, 0.15) is 6.54 Å². The van der Waals surface area contributed by atoms with E-state index in [0.29, 0.717) is 29.4 Å². The number of nitrogens with one attached hydrogen (secondary N) is 1. The number of amides is 1. The van der Waals surface area contributed by atoms with Crippen molar-refractivity contribution in [1.29, 1.82) is 0 Å². The summed E-state index contributed by atoms with van der Waals surface area (Å²) in [4.78, 5) is 23.9. The Balaban J connectivity index is 1.41. The summed E-state index contributed by atoms with van der Waals surface area (Å²) >= 11 is 0. The van der Waals surface area contributed by atoms with E-state index in [0.717, 1.165) is 17.9 Å². The number of benzene rings is 1. The minimum atomic E-state index is -0.352. The zero-order valence-corrected chi connectivity index (χ0v) is 14.8. The molecule has 3 aliphatic rings. The average molecular weight is 329 g/mol. The van der Waals surface area contributed by atoms with Crippen LogP contribution >= 0.6 is 0 Å². The van der Waals surface area contributed by atoms with E-state index in [1.165, 1.54) is 12.8 Å². The van der Waals surface area contributed by atoms with Gasteiger partial charge in [0.2, 0.25) is 0 Å². The van der Waals surface area contributed by atoms with Crippen molar-refractivity contribution in [3.05, 3.63) is 35.4 Å². The van der Waals surface area contributed by atoms with Gasteiger partial charge in [0.05, 0.1) is 6.61 Å². The number of fused-ring (bicyclic) bond motifs is 2. The molecule has 0 aromatic heterocycles. The van der Waals surface area contributed by atoms with Crippen LogP contribution in [0.5, 0.6) is 0 Å². The molecule has 4 nitrogen and oxygen atoms in total. The molecule has 0 aliphatic heterocycles. The van der Waals surface area contributed by atoms with Crippen molar-refractivity contribution in [2.45, 2.75) is 40.0 Å². The van der Waals surface area contributed by atoms with Gasteiger partial charge in [-0.1, -0.05) is 31.5 Å². The first kappa shape index (κ1) is 17.0. The lowest BCUT2D eigenvalue weighted by molar-refractivity contribution is -0.154. The van der Waals surface area contributed by atoms with Crippen molar-refractivity contribution >= 4 is 11.9 Å². The highest BCUT2D eigenvalue weighted by Crippen LogP contribution is 2.61. The molecule has 1 amide bonds. The molecule has 0 radical (unpaired) electrons. The second kappa shape index (κ2) is 6.58. The number of esters is 1. The quantitative estimate of drug-likeness (QED) is 0.843. The van der Waals surface area contributed by atoms with E-state index < -0.39 is 0 Å². The third-order valence-corrected chi connectivity index (χ3v) is 6.17. The van der Waals surface area contributed by atoms with E-state index in [1.807, 2.05) is 19.1 Å². The van der Waals surface area contributed by atoms with Crippen molar-refractivity contribution in [3.63, 3.8) is 0 Å². The van der Waals surface area contributed by atoms with Gasteiger partial charge in [-0.15, -0.1) is 0 Å². The number of hydrogen-bond acceptors (Lipinski definition) is 3. The van der Waals surface area contributed by atoms with Crippen molar-refractivity contribution in [2.24, 2.45) is 23.2 Å². The van der Waals surface area contributed by atoms with Crippen LogP contribution in [-0.4, -0.2) is 25.0 Å². The third kappa shape index (κ3) is 3.33. The van der Waals surface area contributed by atoms with Crippen molar-refractivity contribution in [2.75, 3.05) is 13.2 Å². The summed E-state index contributed by atoms with van der Waals surface area (Å²) < 4.78 is 5.42. The Bertz CT molecular complexity index is 618. The van der Waals surface area contributed by atoms with Gasteiger partial charge in [-0.05, 0) is 61.5 Å². The Labute approximate surface area is 144 Å². The Kier molecular flexibility index (Phi) is 4.66. The number of aryl methyl sites for hydroxylation is 1. The maximum Gasteiger partial charge on any atom is 0.325 e. The highest BCUT2D eigenvalue weighted by Gasteiger charge is 2.54. The van der Waals surface area contributed by atoms with E-state index in [1.54, 1.807) is 12.1 Å². The molecule has 3 fully saturated rings. The predicted octanol–water partition coefficient (Wildman–Crippen LogP) is 3.34. The summed E-state index contributed by atoms with van der Waals surface area (Å²) in [7, 11) is 0. The number of carbonyl (C=O) groups is 2. The molecule has 2 bridgehead atoms. The van der Waals surface area contributed by atoms with Gasteiger partial charge in [-0.25, -0.2) is 0 Å². The normalized spacial score (nSPS) is 27.0.